The van der Waals surface area contributed by atoms with Crippen molar-refractivity contribution in [1.82, 2.24) is 0 Å². The fraction of sp³-hybridized carbons (Fsp3) is 0.111. The maximum atomic E-state index is 12.7. The summed E-state index contributed by atoms with van der Waals surface area (Å²) in [6.07, 6.45) is 2.26. The van der Waals surface area contributed by atoms with Crippen molar-refractivity contribution in [3.05, 3.63) is 89.4 Å². The number of hydrogen-bond donors (Lipinski definition) is 1. The Kier molecular flexibility index (Phi) is 5.26. The van der Waals surface area contributed by atoms with Gasteiger partial charge >= 0.3 is 0 Å². The lowest BCUT2D eigenvalue weighted by Crippen LogP contribution is -2.07. The first-order chi connectivity index (χ1) is 10.1. The van der Waals surface area contributed by atoms with Gasteiger partial charge in [-0.2, -0.15) is 0 Å². The van der Waals surface area contributed by atoms with Gasteiger partial charge in [0.2, 0.25) is 0 Å². The minimum Gasteiger partial charge on any atom is -0.383 e. The van der Waals surface area contributed by atoms with Crippen LogP contribution >= 0.6 is 0 Å². The van der Waals surface area contributed by atoms with E-state index in [4.69, 9.17) is 0 Å². The van der Waals surface area contributed by atoms with Crippen molar-refractivity contribution >= 4 is 10.8 Å². The second-order valence-electron chi connectivity index (χ2n) is 4.70. The molecular weight excluding hydrogens is 280 g/mol. The van der Waals surface area contributed by atoms with Crippen LogP contribution in [0.1, 0.15) is 17.2 Å². The molecule has 0 aliphatic rings. The van der Waals surface area contributed by atoms with E-state index in [9.17, 15) is 9.32 Å². The van der Waals surface area contributed by atoms with E-state index in [1.54, 1.807) is 12.2 Å². The zero-order valence-electron chi connectivity index (χ0n) is 11.9. The summed E-state index contributed by atoms with van der Waals surface area (Å²) >= 11 is 0. The second-order valence-corrected chi connectivity index (χ2v) is 6.18. The van der Waals surface area contributed by atoms with E-state index in [2.05, 4.69) is 6.58 Å². The minimum absolute atomic E-state index is 0.431. The van der Waals surface area contributed by atoms with Crippen molar-refractivity contribution in [3.63, 3.8) is 0 Å². The van der Waals surface area contributed by atoms with E-state index in [0.717, 1.165) is 5.56 Å². The number of benzene rings is 2. The molecule has 2 atom stereocenters. The smallest absolute Gasteiger partial charge is 0.113 e. The van der Waals surface area contributed by atoms with E-state index in [-0.39, 0.29) is 0 Å². The molecule has 0 fully saturated rings. The summed E-state index contributed by atoms with van der Waals surface area (Å²) in [4.78, 5) is 1.10. The molecule has 0 bridgehead atoms. The number of hydrogen-bond acceptors (Lipinski definition) is 2. The van der Waals surface area contributed by atoms with Crippen molar-refractivity contribution in [1.29, 1.82) is 0 Å². The molecule has 0 spiro atoms. The Labute approximate surface area is 127 Å². The topological polar surface area (TPSA) is 37.3 Å². The molecule has 0 aliphatic heterocycles. The van der Waals surface area contributed by atoms with E-state index in [1.165, 1.54) is 0 Å². The lowest BCUT2D eigenvalue weighted by Gasteiger charge is -2.15. The first-order valence-corrected chi connectivity index (χ1v) is 7.82. The van der Waals surface area contributed by atoms with Gasteiger partial charge in [-0.3, -0.25) is 0 Å². The van der Waals surface area contributed by atoms with Gasteiger partial charge in [0.1, 0.15) is 6.10 Å². The molecule has 2 aromatic rings. The minimum atomic E-state index is -1.42. The molecular formula is C18H18O2S. The van der Waals surface area contributed by atoms with Crippen molar-refractivity contribution < 1.29 is 9.32 Å². The Morgan fingerprint density at radius 2 is 1.76 bits per heavy atom. The maximum Gasteiger partial charge on any atom is 0.113 e. The summed E-state index contributed by atoms with van der Waals surface area (Å²) in [5.41, 5.74) is 1.82. The van der Waals surface area contributed by atoms with Crippen molar-refractivity contribution in [2.45, 2.75) is 17.9 Å². The molecule has 0 aromatic heterocycles. The second kappa shape index (κ2) is 7.16. The van der Waals surface area contributed by atoms with Crippen LogP contribution in [0.25, 0.3) is 0 Å². The van der Waals surface area contributed by atoms with E-state index >= 15 is 0 Å². The highest BCUT2D eigenvalue weighted by Gasteiger charge is 2.19. The molecule has 0 amide bonds. The maximum absolute atomic E-state index is 12.7. The predicted molar refractivity (Wildman–Crippen MR) is 87.3 cm³/mol. The number of allylic oxidation sites excluding steroid dienone is 2. The number of aliphatic hydroxyl groups excluding tert-OH is 1. The highest BCUT2D eigenvalue weighted by molar-refractivity contribution is 7.89. The molecule has 21 heavy (non-hydrogen) atoms. The first kappa shape index (κ1) is 15.4. The van der Waals surface area contributed by atoms with Crippen molar-refractivity contribution in [2.75, 3.05) is 0 Å². The van der Waals surface area contributed by atoms with Crippen LogP contribution in [0.3, 0.4) is 0 Å². The average Bonchev–Trinajstić information content (AvgIpc) is 2.53. The highest BCUT2D eigenvalue weighted by atomic mass is 32.2. The van der Waals surface area contributed by atoms with Gasteiger partial charge in [0.15, 0.2) is 0 Å². The standard InChI is InChI=1S/C18H18O2S/c1-3-7-17(18(19)15-8-5-4-6-9-15)21(20)16-12-10-14(2)11-13-16/h3-13,18-19H,1H2,2H3/b17-7+/t18-,21+/m1/s1. The molecule has 0 saturated heterocycles. The van der Waals surface area contributed by atoms with Crippen molar-refractivity contribution in [3.8, 4) is 0 Å². The van der Waals surface area contributed by atoms with E-state index in [1.807, 2.05) is 61.5 Å². The monoisotopic (exact) mass is 298 g/mol. The predicted octanol–water partition coefficient (Wildman–Crippen LogP) is 3.91. The Morgan fingerprint density at radius 3 is 2.33 bits per heavy atom. The van der Waals surface area contributed by atoms with Crippen LogP contribution in [0.2, 0.25) is 0 Å². The fourth-order valence-electron chi connectivity index (χ4n) is 1.97. The molecule has 2 nitrogen and oxygen atoms in total. The largest absolute Gasteiger partial charge is 0.383 e. The summed E-state index contributed by atoms with van der Waals surface area (Å²) in [6.45, 7) is 5.62. The molecule has 0 aliphatic carbocycles. The zero-order chi connectivity index (χ0) is 15.2. The van der Waals surface area contributed by atoms with Crippen LogP contribution in [0.5, 0.6) is 0 Å². The van der Waals surface area contributed by atoms with Crippen LogP contribution < -0.4 is 0 Å². The zero-order valence-corrected chi connectivity index (χ0v) is 12.7. The third-order valence-corrected chi connectivity index (χ3v) is 4.60. The number of aliphatic hydroxyl groups is 1. The van der Waals surface area contributed by atoms with Crippen LogP contribution in [-0.2, 0) is 10.8 Å². The molecule has 0 saturated carbocycles. The van der Waals surface area contributed by atoms with Crippen LogP contribution in [0, 0.1) is 6.92 Å². The SMILES string of the molecule is C=C/C=C(\[C@H](O)c1ccccc1)[S@@](=O)c1ccc(C)cc1. The normalized spacial score (nSPS) is 14.5. The first-order valence-electron chi connectivity index (χ1n) is 6.67. The molecule has 0 radical (unpaired) electrons. The van der Waals surface area contributed by atoms with E-state index < -0.39 is 16.9 Å². The summed E-state index contributed by atoms with van der Waals surface area (Å²) in [5.74, 6) is 0. The molecule has 108 valence electrons. The molecule has 3 heteroatoms. The highest BCUT2D eigenvalue weighted by Crippen LogP contribution is 2.28. The van der Waals surface area contributed by atoms with Gasteiger partial charge in [-0.25, -0.2) is 4.21 Å². The summed E-state index contributed by atoms with van der Waals surface area (Å²) in [6, 6.07) is 16.7. The Hall–Kier alpha value is -1.97. The third kappa shape index (κ3) is 3.78. The fourth-order valence-corrected chi connectivity index (χ4v) is 3.18. The number of rotatable bonds is 5. The van der Waals surface area contributed by atoms with Crippen LogP contribution in [-0.4, -0.2) is 9.32 Å². The summed E-state index contributed by atoms with van der Waals surface area (Å²) in [7, 11) is -1.42. The van der Waals surface area contributed by atoms with Crippen LogP contribution in [0.4, 0.5) is 0 Å². The van der Waals surface area contributed by atoms with Crippen LogP contribution in [0.15, 0.2) is 83.1 Å². The van der Waals surface area contributed by atoms with Gasteiger partial charge in [-0.15, -0.1) is 0 Å². The lowest BCUT2D eigenvalue weighted by molar-refractivity contribution is 0.224. The van der Waals surface area contributed by atoms with E-state index in [0.29, 0.717) is 15.4 Å². The van der Waals surface area contributed by atoms with Gasteiger partial charge in [-0.1, -0.05) is 60.7 Å². The third-order valence-electron chi connectivity index (χ3n) is 3.12. The Morgan fingerprint density at radius 1 is 1.14 bits per heavy atom. The lowest BCUT2D eigenvalue weighted by atomic mass is 10.1. The van der Waals surface area contributed by atoms with Gasteiger partial charge in [0.05, 0.1) is 15.7 Å². The molecule has 2 rings (SSSR count). The van der Waals surface area contributed by atoms with Gasteiger partial charge < -0.3 is 5.11 Å². The summed E-state index contributed by atoms with van der Waals surface area (Å²) < 4.78 is 12.7. The molecule has 2 aromatic carbocycles. The summed E-state index contributed by atoms with van der Waals surface area (Å²) in [5, 5.41) is 10.5. The molecule has 0 unspecified atom stereocenters. The Balaban J connectivity index is 2.35. The molecule has 0 heterocycles. The van der Waals surface area contributed by atoms with Crippen molar-refractivity contribution in [2.24, 2.45) is 0 Å². The van der Waals surface area contributed by atoms with Gasteiger partial charge in [0, 0.05) is 4.90 Å². The quantitative estimate of drug-likeness (QED) is 0.850. The Bertz CT molecular complexity index is 657. The number of aryl methyl sites for hydroxylation is 1. The van der Waals surface area contributed by atoms with Gasteiger partial charge in [-0.05, 0) is 30.7 Å². The van der Waals surface area contributed by atoms with Gasteiger partial charge in [0.25, 0.3) is 0 Å². The molecule has 1 N–H and O–H groups in total. The average molecular weight is 298 g/mol.